The lowest BCUT2D eigenvalue weighted by Gasteiger charge is -2.10. The molecule has 134 valence electrons. The number of rotatable bonds is 5. The van der Waals surface area contributed by atoms with Crippen molar-refractivity contribution >= 4 is 38.9 Å². The fourth-order valence-corrected chi connectivity index (χ4v) is 3.76. The fourth-order valence-electron chi connectivity index (χ4n) is 2.65. The van der Waals surface area contributed by atoms with E-state index in [0.29, 0.717) is 27.1 Å². The molecule has 1 unspecified atom stereocenters. The van der Waals surface area contributed by atoms with Gasteiger partial charge in [0.2, 0.25) is 0 Å². The van der Waals surface area contributed by atoms with Gasteiger partial charge in [0.05, 0.1) is 10.2 Å². The van der Waals surface area contributed by atoms with E-state index in [-0.39, 0.29) is 5.78 Å². The number of aliphatic hydroxyl groups excluding tert-OH is 1. The topological polar surface area (TPSA) is 59.4 Å². The number of ketones is 1. The first kappa shape index (κ1) is 17.7. The van der Waals surface area contributed by atoms with Crippen molar-refractivity contribution in [2.75, 3.05) is 0 Å². The molecule has 0 radical (unpaired) electrons. The van der Waals surface area contributed by atoms with Crippen LogP contribution in [0.4, 0.5) is 0 Å². The minimum absolute atomic E-state index is 0.340. The predicted molar refractivity (Wildman–Crippen MR) is 107 cm³/mol. The Morgan fingerprint density at radius 2 is 1.78 bits per heavy atom. The Balaban J connectivity index is 1.50. The van der Waals surface area contributed by atoms with Crippen LogP contribution >= 0.6 is 22.9 Å². The molecule has 0 bridgehead atoms. The summed E-state index contributed by atoms with van der Waals surface area (Å²) in [5.74, 6) is 0.232. The van der Waals surface area contributed by atoms with E-state index in [2.05, 4.69) is 4.98 Å². The molecular formula is C21H14ClNO3S. The number of benzene rings is 3. The molecule has 1 atom stereocenters. The SMILES string of the molecule is O=C(c1ccccc1)C(O)c1ccc(Oc2nc3ccc(Cl)cc3s2)cc1. The van der Waals surface area contributed by atoms with Gasteiger partial charge in [0.25, 0.3) is 5.19 Å². The molecule has 1 heterocycles. The number of aromatic nitrogens is 1. The number of hydrogen-bond acceptors (Lipinski definition) is 5. The molecule has 4 rings (SSSR count). The van der Waals surface area contributed by atoms with Crippen molar-refractivity contribution in [2.24, 2.45) is 0 Å². The Kier molecular flexibility index (Phi) is 4.90. The Bertz CT molecular complexity index is 1090. The highest BCUT2D eigenvalue weighted by atomic mass is 35.5. The van der Waals surface area contributed by atoms with Crippen molar-refractivity contribution in [3.63, 3.8) is 0 Å². The summed E-state index contributed by atoms with van der Waals surface area (Å²) in [7, 11) is 0. The summed E-state index contributed by atoms with van der Waals surface area (Å²) in [5, 5.41) is 11.5. The van der Waals surface area contributed by atoms with E-state index in [1.807, 2.05) is 18.2 Å². The minimum atomic E-state index is -1.22. The maximum absolute atomic E-state index is 12.3. The molecule has 0 saturated carbocycles. The molecule has 6 heteroatoms. The number of hydrogen-bond donors (Lipinski definition) is 1. The van der Waals surface area contributed by atoms with Gasteiger partial charge in [0.15, 0.2) is 5.78 Å². The summed E-state index contributed by atoms with van der Waals surface area (Å²) in [5.41, 5.74) is 1.80. The highest BCUT2D eigenvalue weighted by molar-refractivity contribution is 7.20. The largest absolute Gasteiger partial charge is 0.431 e. The maximum Gasteiger partial charge on any atom is 0.279 e. The average Bonchev–Trinajstić information content (AvgIpc) is 3.09. The Morgan fingerprint density at radius 3 is 2.52 bits per heavy atom. The van der Waals surface area contributed by atoms with Gasteiger partial charge in [0.1, 0.15) is 11.9 Å². The standard InChI is InChI=1S/C21H14ClNO3S/c22-15-8-11-17-18(12-15)27-21(23-17)26-16-9-6-14(7-10-16)20(25)19(24)13-4-2-1-3-5-13/h1-12,20,25H. The summed E-state index contributed by atoms with van der Waals surface area (Å²) >= 11 is 7.39. The van der Waals surface area contributed by atoms with Crippen molar-refractivity contribution in [3.8, 4) is 10.9 Å². The van der Waals surface area contributed by atoms with E-state index in [1.54, 1.807) is 54.6 Å². The number of nitrogens with zero attached hydrogens (tertiary/aromatic N) is 1. The Labute approximate surface area is 164 Å². The van der Waals surface area contributed by atoms with E-state index in [4.69, 9.17) is 16.3 Å². The van der Waals surface area contributed by atoms with Gasteiger partial charge in [-0.05, 0) is 35.9 Å². The first-order chi connectivity index (χ1) is 13.1. The normalized spacial score (nSPS) is 12.1. The molecule has 0 saturated heterocycles. The number of carbonyl (C=O) groups excluding carboxylic acids is 1. The number of halogens is 1. The number of aliphatic hydroxyl groups is 1. The van der Waals surface area contributed by atoms with Crippen molar-refractivity contribution in [2.45, 2.75) is 6.10 Å². The lowest BCUT2D eigenvalue weighted by Crippen LogP contribution is -2.12. The van der Waals surface area contributed by atoms with Crippen LogP contribution in [0, 0.1) is 0 Å². The first-order valence-corrected chi connectivity index (χ1v) is 9.41. The van der Waals surface area contributed by atoms with Crippen molar-refractivity contribution in [3.05, 3.63) is 88.9 Å². The van der Waals surface area contributed by atoms with E-state index in [9.17, 15) is 9.90 Å². The molecule has 0 aliphatic rings. The third kappa shape index (κ3) is 3.85. The quantitative estimate of drug-likeness (QED) is 0.443. The zero-order valence-electron chi connectivity index (χ0n) is 14.0. The van der Waals surface area contributed by atoms with Crippen LogP contribution in [0.5, 0.6) is 10.9 Å². The van der Waals surface area contributed by atoms with Crippen LogP contribution in [-0.4, -0.2) is 15.9 Å². The second-order valence-electron chi connectivity index (χ2n) is 5.90. The Morgan fingerprint density at radius 1 is 1.04 bits per heavy atom. The smallest absolute Gasteiger partial charge is 0.279 e. The first-order valence-electron chi connectivity index (χ1n) is 8.21. The summed E-state index contributed by atoms with van der Waals surface area (Å²) in [6.45, 7) is 0. The number of carbonyl (C=O) groups is 1. The number of ether oxygens (including phenoxy) is 1. The molecular weight excluding hydrogens is 382 g/mol. The predicted octanol–water partition coefficient (Wildman–Crippen LogP) is 5.66. The van der Waals surface area contributed by atoms with Crippen molar-refractivity contribution in [1.82, 2.24) is 4.98 Å². The monoisotopic (exact) mass is 395 g/mol. The zero-order chi connectivity index (χ0) is 18.8. The van der Waals surface area contributed by atoms with Gasteiger partial charge in [0, 0.05) is 10.6 Å². The van der Waals surface area contributed by atoms with E-state index in [1.165, 1.54) is 11.3 Å². The molecule has 3 aromatic carbocycles. The minimum Gasteiger partial charge on any atom is -0.431 e. The highest BCUT2D eigenvalue weighted by Gasteiger charge is 2.19. The van der Waals surface area contributed by atoms with Crippen molar-refractivity contribution < 1.29 is 14.6 Å². The average molecular weight is 396 g/mol. The van der Waals surface area contributed by atoms with Gasteiger partial charge in [-0.1, -0.05) is 65.4 Å². The van der Waals surface area contributed by atoms with E-state index in [0.717, 1.165) is 10.2 Å². The number of Topliss-reactive ketones (excluding diaryl/α,β-unsaturated/α-hetero) is 1. The van der Waals surface area contributed by atoms with Crippen LogP contribution in [0.1, 0.15) is 22.0 Å². The molecule has 0 aliphatic heterocycles. The number of thiazole rings is 1. The summed E-state index contributed by atoms with van der Waals surface area (Å²) in [6.07, 6.45) is -1.22. The van der Waals surface area contributed by atoms with Gasteiger partial charge < -0.3 is 9.84 Å². The van der Waals surface area contributed by atoms with Crippen LogP contribution in [-0.2, 0) is 0 Å². The second kappa shape index (κ2) is 7.48. The van der Waals surface area contributed by atoms with Gasteiger partial charge in [-0.3, -0.25) is 4.79 Å². The van der Waals surface area contributed by atoms with Crippen LogP contribution in [0.25, 0.3) is 10.2 Å². The van der Waals surface area contributed by atoms with Crippen molar-refractivity contribution in [1.29, 1.82) is 0 Å². The third-order valence-electron chi connectivity index (χ3n) is 4.04. The molecule has 1 aromatic heterocycles. The van der Waals surface area contributed by atoms with Gasteiger partial charge >= 0.3 is 0 Å². The maximum atomic E-state index is 12.3. The summed E-state index contributed by atoms with van der Waals surface area (Å²) in [6, 6.07) is 20.9. The van der Waals surface area contributed by atoms with Gasteiger partial charge in [-0.2, -0.15) is 0 Å². The fraction of sp³-hybridized carbons (Fsp3) is 0.0476. The van der Waals surface area contributed by atoms with Crippen LogP contribution in [0.3, 0.4) is 0 Å². The van der Waals surface area contributed by atoms with Gasteiger partial charge in [-0.15, -0.1) is 0 Å². The molecule has 27 heavy (non-hydrogen) atoms. The lowest BCUT2D eigenvalue weighted by molar-refractivity contribution is 0.0747. The van der Waals surface area contributed by atoms with E-state index >= 15 is 0 Å². The summed E-state index contributed by atoms with van der Waals surface area (Å²) in [4.78, 5) is 16.8. The third-order valence-corrected chi connectivity index (χ3v) is 5.17. The molecule has 1 N–H and O–H groups in total. The van der Waals surface area contributed by atoms with Crippen LogP contribution < -0.4 is 4.74 Å². The molecule has 4 aromatic rings. The zero-order valence-corrected chi connectivity index (χ0v) is 15.6. The molecule has 0 amide bonds. The molecule has 0 spiro atoms. The Hall–Kier alpha value is -2.73. The molecule has 0 aliphatic carbocycles. The highest BCUT2D eigenvalue weighted by Crippen LogP contribution is 2.33. The molecule has 4 nitrogen and oxygen atoms in total. The van der Waals surface area contributed by atoms with Crippen LogP contribution in [0.2, 0.25) is 5.02 Å². The number of fused-ring (bicyclic) bond motifs is 1. The lowest BCUT2D eigenvalue weighted by atomic mass is 10.00. The summed E-state index contributed by atoms with van der Waals surface area (Å²) < 4.78 is 6.72. The van der Waals surface area contributed by atoms with E-state index < -0.39 is 6.10 Å². The molecule has 0 fully saturated rings. The second-order valence-corrected chi connectivity index (χ2v) is 7.33. The van der Waals surface area contributed by atoms with Gasteiger partial charge in [-0.25, -0.2) is 4.98 Å². The van der Waals surface area contributed by atoms with Crippen LogP contribution in [0.15, 0.2) is 72.8 Å².